The second-order valence-corrected chi connectivity index (χ2v) is 8.47. The summed E-state index contributed by atoms with van der Waals surface area (Å²) in [5.74, 6) is 1.98. The molecule has 0 atom stereocenters. The van der Waals surface area contributed by atoms with Crippen LogP contribution in [-0.4, -0.2) is 29.1 Å². The average molecular weight is 332 g/mol. The van der Waals surface area contributed by atoms with Gasteiger partial charge in [-0.15, -0.1) is 11.8 Å². The lowest BCUT2D eigenvalue weighted by Gasteiger charge is -2.22. The number of H-pyrrole nitrogens is 1. The highest BCUT2D eigenvalue weighted by Gasteiger charge is 2.18. The van der Waals surface area contributed by atoms with Gasteiger partial charge in [-0.1, -0.05) is 0 Å². The Morgan fingerprint density at radius 2 is 2.05 bits per heavy atom. The quantitative estimate of drug-likeness (QED) is 0.887. The molecule has 1 aromatic heterocycles. The minimum Gasteiger partial charge on any atom is -0.322 e. The van der Waals surface area contributed by atoms with Gasteiger partial charge in [0.05, 0.1) is 0 Å². The molecule has 3 heterocycles. The summed E-state index contributed by atoms with van der Waals surface area (Å²) >= 11 is 3.86. The molecule has 2 N–H and O–H groups in total. The van der Waals surface area contributed by atoms with E-state index in [0.29, 0.717) is 5.25 Å². The van der Waals surface area contributed by atoms with Crippen molar-refractivity contribution in [3.8, 4) is 0 Å². The topological polar surface area (TPSA) is 44.9 Å². The summed E-state index contributed by atoms with van der Waals surface area (Å²) in [5, 5.41) is 5.40. The lowest BCUT2D eigenvalue weighted by molar-refractivity contribution is 0.531. The van der Waals surface area contributed by atoms with E-state index in [1.807, 2.05) is 23.5 Å². The van der Waals surface area contributed by atoms with Crippen LogP contribution in [0.5, 0.6) is 0 Å². The predicted molar refractivity (Wildman–Crippen MR) is 96.2 cm³/mol. The van der Waals surface area contributed by atoms with E-state index in [0.717, 1.165) is 42.1 Å². The second kappa shape index (κ2) is 6.30. The molecule has 2 aliphatic heterocycles. The molecule has 0 spiro atoms. The van der Waals surface area contributed by atoms with Gasteiger partial charge in [0.1, 0.15) is 0 Å². The third-order valence-electron chi connectivity index (χ3n) is 4.53. The monoisotopic (exact) mass is 332 g/mol. The number of nitrogens with one attached hydrogen (secondary N) is 2. The second-order valence-electron chi connectivity index (χ2n) is 5.99. The molecule has 0 radical (unpaired) electrons. The molecule has 0 unspecified atom stereocenters. The van der Waals surface area contributed by atoms with E-state index in [1.54, 1.807) is 0 Å². The molecular formula is C17H20N2OS2. The SMILES string of the molecule is O=c1[nH]c2ccc(SC3CCNCC3)cc2c2c1CSCC2. The molecule has 0 aliphatic carbocycles. The first-order valence-electron chi connectivity index (χ1n) is 7.94. The van der Waals surface area contributed by atoms with Crippen LogP contribution < -0.4 is 10.9 Å². The Balaban J connectivity index is 1.72. The third kappa shape index (κ3) is 2.82. The van der Waals surface area contributed by atoms with Crippen molar-refractivity contribution in [2.75, 3.05) is 18.8 Å². The zero-order valence-corrected chi connectivity index (χ0v) is 14.1. The number of aromatic amines is 1. The molecular weight excluding hydrogens is 312 g/mol. The lowest BCUT2D eigenvalue weighted by Crippen LogP contribution is -2.29. The van der Waals surface area contributed by atoms with Gasteiger partial charge in [0, 0.05) is 32.4 Å². The lowest BCUT2D eigenvalue weighted by atomic mass is 10.0. The van der Waals surface area contributed by atoms with Gasteiger partial charge in [-0.3, -0.25) is 4.79 Å². The first kappa shape index (κ1) is 14.7. The van der Waals surface area contributed by atoms with Crippen molar-refractivity contribution in [2.24, 2.45) is 0 Å². The van der Waals surface area contributed by atoms with Crippen molar-refractivity contribution in [3.05, 3.63) is 39.7 Å². The van der Waals surface area contributed by atoms with Crippen LogP contribution in [0.2, 0.25) is 0 Å². The van der Waals surface area contributed by atoms with Gasteiger partial charge in [-0.25, -0.2) is 0 Å². The minimum atomic E-state index is 0.105. The van der Waals surface area contributed by atoms with E-state index in [1.165, 1.54) is 28.7 Å². The van der Waals surface area contributed by atoms with Crippen LogP contribution in [-0.2, 0) is 12.2 Å². The van der Waals surface area contributed by atoms with E-state index >= 15 is 0 Å². The summed E-state index contributed by atoms with van der Waals surface area (Å²) in [5.41, 5.74) is 3.37. The standard InChI is InChI=1S/C17H20N2OS2/c20-17-15-10-21-8-5-13(15)14-9-12(1-2-16(14)19-17)22-11-3-6-18-7-4-11/h1-2,9,11,18H,3-8,10H2,(H,19,20). The van der Waals surface area contributed by atoms with Crippen LogP contribution in [0.25, 0.3) is 10.9 Å². The van der Waals surface area contributed by atoms with Gasteiger partial charge >= 0.3 is 0 Å². The fourth-order valence-electron chi connectivity index (χ4n) is 3.35. The number of thioether (sulfide) groups is 2. The fraction of sp³-hybridized carbons (Fsp3) is 0.471. The number of aryl methyl sites for hydroxylation is 1. The van der Waals surface area contributed by atoms with E-state index in [2.05, 4.69) is 28.5 Å². The van der Waals surface area contributed by atoms with Crippen molar-refractivity contribution >= 4 is 34.4 Å². The average Bonchev–Trinajstić information content (AvgIpc) is 2.57. The molecule has 0 bridgehead atoms. The maximum atomic E-state index is 12.2. The van der Waals surface area contributed by atoms with E-state index < -0.39 is 0 Å². The first-order chi connectivity index (χ1) is 10.8. The number of fused-ring (bicyclic) bond motifs is 3. The Bertz CT molecular complexity index is 750. The van der Waals surface area contributed by atoms with Crippen molar-refractivity contribution in [1.82, 2.24) is 10.3 Å². The highest BCUT2D eigenvalue weighted by molar-refractivity contribution is 8.00. The molecule has 3 nitrogen and oxygen atoms in total. The van der Waals surface area contributed by atoms with Gasteiger partial charge in [0.15, 0.2) is 0 Å². The van der Waals surface area contributed by atoms with Gasteiger partial charge in [-0.2, -0.15) is 11.8 Å². The number of hydrogen-bond acceptors (Lipinski definition) is 4. The Kier molecular flexibility index (Phi) is 4.20. The summed E-state index contributed by atoms with van der Waals surface area (Å²) in [4.78, 5) is 16.6. The van der Waals surface area contributed by atoms with Gasteiger partial charge in [-0.05, 0) is 61.9 Å². The van der Waals surface area contributed by atoms with Crippen LogP contribution in [0.15, 0.2) is 27.9 Å². The maximum Gasteiger partial charge on any atom is 0.252 e. The molecule has 5 heteroatoms. The molecule has 1 aromatic carbocycles. The van der Waals surface area contributed by atoms with Gasteiger partial charge < -0.3 is 10.3 Å². The van der Waals surface area contributed by atoms with Crippen LogP contribution in [0.1, 0.15) is 24.0 Å². The summed E-state index contributed by atoms with van der Waals surface area (Å²) in [6.45, 7) is 2.26. The number of aromatic nitrogens is 1. The summed E-state index contributed by atoms with van der Waals surface area (Å²) in [7, 11) is 0. The molecule has 0 saturated carbocycles. The smallest absolute Gasteiger partial charge is 0.252 e. The third-order valence-corrected chi connectivity index (χ3v) is 6.85. The molecule has 4 rings (SSSR count). The maximum absolute atomic E-state index is 12.2. The molecule has 116 valence electrons. The van der Waals surface area contributed by atoms with Crippen LogP contribution in [0.3, 0.4) is 0 Å². The predicted octanol–water partition coefficient (Wildman–Crippen LogP) is 3.16. The highest BCUT2D eigenvalue weighted by atomic mass is 32.2. The first-order valence-corrected chi connectivity index (χ1v) is 9.97. The zero-order chi connectivity index (χ0) is 14.9. The number of piperidine rings is 1. The minimum absolute atomic E-state index is 0.105. The molecule has 22 heavy (non-hydrogen) atoms. The van der Waals surface area contributed by atoms with Gasteiger partial charge in [0.25, 0.3) is 5.56 Å². The number of hydrogen-bond donors (Lipinski definition) is 2. The largest absolute Gasteiger partial charge is 0.322 e. The number of rotatable bonds is 2. The zero-order valence-electron chi connectivity index (χ0n) is 12.5. The van der Waals surface area contributed by atoms with Crippen LogP contribution in [0, 0.1) is 0 Å². The van der Waals surface area contributed by atoms with Crippen molar-refractivity contribution in [3.63, 3.8) is 0 Å². The Morgan fingerprint density at radius 3 is 2.91 bits per heavy atom. The highest BCUT2D eigenvalue weighted by Crippen LogP contribution is 2.33. The van der Waals surface area contributed by atoms with Crippen molar-refractivity contribution in [1.29, 1.82) is 0 Å². The molecule has 2 aliphatic rings. The van der Waals surface area contributed by atoms with Gasteiger partial charge in [0.2, 0.25) is 0 Å². The van der Waals surface area contributed by atoms with Crippen molar-refractivity contribution in [2.45, 2.75) is 35.2 Å². The molecule has 0 amide bonds. The van der Waals surface area contributed by atoms with E-state index in [4.69, 9.17) is 0 Å². The van der Waals surface area contributed by atoms with Crippen LogP contribution in [0.4, 0.5) is 0 Å². The fourth-order valence-corrected chi connectivity index (χ4v) is 5.54. The molecule has 2 aromatic rings. The van der Waals surface area contributed by atoms with E-state index in [-0.39, 0.29) is 5.56 Å². The molecule has 1 saturated heterocycles. The van der Waals surface area contributed by atoms with Crippen molar-refractivity contribution < 1.29 is 0 Å². The van der Waals surface area contributed by atoms with E-state index in [9.17, 15) is 4.79 Å². The Morgan fingerprint density at radius 1 is 1.18 bits per heavy atom. The Hall–Kier alpha value is -0.910. The number of benzene rings is 1. The molecule has 1 fully saturated rings. The van der Waals surface area contributed by atoms with Crippen LogP contribution >= 0.6 is 23.5 Å². The summed E-state index contributed by atoms with van der Waals surface area (Å²) in [6.07, 6.45) is 3.49. The summed E-state index contributed by atoms with van der Waals surface area (Å²) in [6, 6.07) is 6.55. The normalized spacial score (nSPS) is 19.3. The summed E-state index contributed by atoms with van der Waals surface area (Å²) < 4.78 is 0. The number of pyridine rings is 1. The Labute approximate surface area is 138 Å².